The number of aromatic nitrogens is 1. The molecule has 0 atom stereocenters. The second-order valence-electron chi connectivity index (χ2n) is 6.99. The van der Waals surface area contributed by atoms with Gasteiger partial charge in [-0.2, -0.15) is 4.99 Å². The number of amides is 1. The molecular weight excluding hydrogens is 412 g/mol. The van der Waals surface area contributed by atoms with E-state index in [1.165, 1.54) is 16.9 Å². The third kappa shape index (κ3) is 5.89. The molecule has 0 aliphatic rings. The van der Waals surface area contributed by atoms with Crippen molar-refractivity contribution in [2.24, 2.45) is 4.99 Å². The first kappa shape index (κ1) is 22.9. The van der Waals surface area contributed by atoms with Crippen LogP contribution in [0.25, 0.3) is 10.2 Å². The van der Waals surface area contributed by atoms with Crippen LogP contribution in [0.1, 0.15) is 42.3 Å². The number of hydrogen-bond acceptors (Lipinski definition) is 5. The predicted molar refractivity (Wildman–Crippen MR) is 122 cm³/mol. The summed E-state index contributed by atoms with van der Waals surface area (Å²) in [5.41, 5.74) is 3.58. The number of benzene rings is 2. The topological polar surface area (TPSA) is 69.9 Å². The summed E-state index contributed by atoms with van der Waals surface area (Å²) >= 11 is 1.39. The van der Waals surface area contributed by atoms with Crippen LogP contribution in [0.4, 0.5) is 0 Å². The van der Waals surface area contributed by atoms with Crippen molar-refractivity contribution in [1.29, 1.82) is 0 Å². The Morgan fingerprint density at radius 2 is 1.74 bits per heavy atom. The fourth-order valence-corrected chi connectivity index (χ4v) is 4.34. The molecule has 0 spiro atoms. The summed E-state index contributed by atoms with van der Waals surface area (Å²) in [6, 6.07) is 13.4. The minimum absolute atomic E-state index is 0.202. The smallest absolute Gasteiger partial charge is 0.338 e. The van der Waals surface area contributed by atoms with Crippen LogP contribution in [0.3, 0.4) is 0 Å². The Balaban J connectivity index is 1.93. The minimum atomic E-state index is -0.358. The van der Waals surface area contributed by atoms with Gasteiger partial charge in [0.15, 0.2) is 4.80 Å². The van der Waals surface area contributed by atoms with Crippen LogP contribution >= 0.6 is 11.3 Å². The van der Waals surface area contributed by atoms with Crippen molar-refractivity contribution in [3.63, 3.8) is 0 Å². The summed E-state index contributed by atoms with van der Waals surface area (Å²) in [5.74, 6) is -0.560. The molecule has 7 heteroatoms. The van der Waals surface area contributed by atoms with Crippen molar-refractivity contribution in [1.82, 2.24) is 4.57 Å². The monoisotopic (exact) mass is 440 g/mol. The SMILES string of the molecule is CCOCCn1c(=NC(=O)Cc2ccc(CC)cc2)sc2cc(C(=O)OCC)ccc21. The highest BCUT2D eigenvalue weighted by atomic mass is 32.1. The molecular formula is C24H28N2O4S. The number of nitrogens with zero attached hydrogens (tertiary/aromatic N) is 2. The molecule has 31 heavy (non-hydrogen) atoms. The molecule has 0 radical (unpaired) electrons. The molecule has 2 aromatic carbocycles. The van der Waals surface area contributed by atoms with Gasteiger partial charge in [-0.05, 0) is 49.6 Å². The Bertz CT molecular complexity index is 1110. The molecule has 3 rings (SSSR count). The molecule has 0 aliphatic carbocycles. The first-order chi connectivity index (χ1) is 15.0. The predicted octanol–water partition coefficient (Wildman–Crippen LogP) is 4.15. The van der Waals surface area contributed by atoms with Gasteiger partial charge in [0, 0.05) is 13.2 Å². The summed E-state index contributed by atoms with van der Waals surface area (Å²) in [6.45, 7) is 7.86. The van der Waals surface area contributed by atoms with Gasteiger partial charge in [0.25, 0.3) is 5.91 Å². The summed E-state index contributed by atoms with van der Waals surface area (Å²) in [7, 11) is 0. The molecule has 0 bridgehead atoms. The van der Waals surface area contributed by atoms with E-state index in [2.05, 4.69) is 11.9 Å². The second-order valence-corrected chi connectivity index (χ2v) is 8.00. The number of aryl methyl sites for hydroxylation is 1. The lowest BCUT2D eigenvalue weighted by Crippen LogP contribution is -2.20. The lowest BCUT2D eigenvalue weighted by atomic mass is 10.1. The summed E-state index contributed by atoms with van der Waals surface area (Å²) in [5, 5.41) is 0. The van der Waals surface area contributed by atoms with E-state index in [1.807, 2.05) is 41.8 Å². The highest BCUT2D eigenvalue weighted by Crippen LogP contribution is 2.20. The van der Waals surface area contributed by atoms with Gasteiger partial charge in [-0.3, -0.25) is 4.79 Å². The molecule has 0 N–H and O–H groups in total. The largest absolute Gasteiger partial charge is 0.462 e. The van der Waals surface area contributed by atoms with Gasteiger partial charge in [0.2, 0.25) is 0 Å². The number of rotatable bonds is 9. The quantitative estimate of drug-likeness (QED) is 0.370. The van der Waals surface area contributed by atoms with Crippen LogP contribution in [0, 0.1) is 0 Å². The van der Waals surface area contributed by atoms with Crippen molar-refractivity contribution in [2.75, 3.05) is 19.8 Å². The fourth-order valence-electron chi connectivity index (χ4n) is 3.23. The van der Waals surface area contributed by atoms with Crippen molar-refractivity contribution in [3.8, 4) is 0 Å². The number of carbonyl (C=O) groups excluding carboxylic acids is 2. The van der Waals surface area contributed by atoms with E-state index in [9.17, 15) is 9.59 Å². The molecule has 6 nitrogen and oxygen atoms in total. The van der Waals surface area contributed by atoms with Gasteiger partial charge in [-0.1, -0.05) is 42.5 Å². The number of fused-ring (bicyclic) bond motifs is 1. The maximum absolute atomic E-state index is 12.7. The number of esters is 1. The zero-order valence-corrected chi connectivity index (χ0v) is 19.0. The molecule has 1 heterocycles. The summed E-state index contributed by atoms with van der Waals surface area (Å²) < 4.78 is 13.5. The van der Waals surface area contributed by atoms with Crippen molar-refractivity contribution >= 4 is 33.4 Å². The number of thiazole rings is 1. The molecule has 0 fully saturated rings. The number of ether oxygens (including phenoxy) is 2. The highest BCUT2D eigenvalue weighted by molar-refractivity contribution is 7.16. The van der Waals surface area contributed by atoms with E-state index >= 15 is 0 Å². The molecule has 3 aromatic rings. The van der Waals surface area contributed by atoms with Gasteiger partial charge in [-0.25, -0.2) is 4.79 Å². The van der Waals surface area contributed by atoms with Crippen LogP contribution in [-0.4, -0.2) is 36.3 Å². The van der Waals surface area contributed by atoms with Gasteiger partial charge < -0.3 is 14.0 Å². The van der Waals surface area contributed by atoms with E-state index in [4.69, 9.17) is 9.47 Å². The lowest BCUT2D eigenvalue weighted by molar-refractivity contribution is -0.117. The standard InChI is InChI=1S/C24H28N2O4S/c1-4-17-7-9-18(10-8-17)15-22(27)25-24-26(13-14-29-5-2)20-12-11-19(16-21(20)31-24)23(28)30-6-3/h7-12,16H,4-6,13-15H2,1-3H3. The zero-order valence-electron chi connectivity index (χ0n) is 18.2. The third-order valence-corrected chi connectivity index (χ3v) is 5.91. The molecule has 0 aliphatic heterocycles. The van der Waals surface area contributed by atoms with Gasteiger partial charge >= 0.3 is 5.97 Å². The Morgan fingerprint density at radius 3 is 2.42 bits per heavy atom. The maximum atomic E-state index is 12.7. The Hall–Kier alpha value is -2.77. The maximum Gasteiger partial charge on any atom is 0.338 e. The molecule has 1 amide bonds. The first-order valence-electron chi connectivity index (χ1n) is 10.6. The van der Waals surface area contributed by atoms with Crippen LogP contribution in [0.15, 0.2) is 47.5 Å². The Labute approximate surface area is 186 Å². The van der Waals surface area contributed by atoms with Crippen LogP contribution in [0.2, 0.25) is 0 Å². The molecule has 0 unspecified atom stereocenters. The van der Waals surface area contributed by atoms with E-state index in [0.29, 0.717) is 36.7 Å². The average Bonchev–Trinajstić information content (AvgIpc) is 3.10. The first-order valence-corrected chi connectivity index (χ1v) is 11.4. The fraction of sp³-hybridized carbons (Fsp3) is 0.375. The summed E-state index contributed by atoms with van der Waals surface area (Å²) in [6.07, 6.45) is 1.21. The van der Waals surface area contributed by atoms with Gasteiger partial charge in [-0.15, -0.1) is 0 Å². The number of hydrogen-bond donors (Lipinski definition) is 0. The molecule has 0 saturated carbocycles. The molecule has 1 aromatic heterocycles. The molecule has 164 valence electrons. The van der Waals surface area contributed by atoms with Crippen LogP contribution < -0.4 is 4.80 Å². The van der Waals surface area contributed by atoms with E-state index < -0.39 is 0 Å². The third-order valence-electron chi connectivity index (χ3n) is 4.86. The Morgan fingerprint density at radius 1 is 1.00 bits per heavy atom. The molecule has 0 saturated heterocycles. The van der Waals surface area contributed by atoms with E-state index in [0.717, 1.165) is 22.2 Å². The second kappa shape index (κ2) is 11.0. The number of carbonyl (C=O) groups is 2. The lowest BCUT2D eigenvalue weighted by Gasteiger charge is -2.06. The van der Waals surface area contributed by atoms with E-state index in [1.54, 1.807) is 19.1 Å². The summed E-state index contributed by atoms with van der Waals surface area (Å²) in [4.78, 5) is 29.8. The zero-order chi connectivity index (χ0) is 22.2. The highest BCUT2D eigenvalue weighted by Gasteiger charge is 2.13. The minimum Gasteiger partial charge on any atom is -0.462 e. The van der Waals surface area contributed by atoms with Crippen LogP contribution in [-0.2, 0) is 33.7 Å². The van der Waals surface area contributed by atoms with Crippen molar-refractivity contribution in [3.05, 3.63) is 64.0 Å². The van der Waals surface area contributed by atoms with Crippen molar-refractivity contribution in [2.45, 2.75) is 40.2 Å². The average molecular weight is 441 g/mol. The van der Waals surface area contributed by atoms with E-state index in [-0.39, 0.29) is 18.3 Å². The van der Waals surface area contributed by atoms with Crippen molar-refractivity contribution < 1.29 is 19.1 Å². The normalized spacial score (nSPS) is 11.8. The van der Waals surface area contributed by atoms with Gasteiger partial charge in [0.05, 0.1) is 35.4 Å². The Kier molecular flexibility index (Phi) is 8.14. The van der Waals surface area contributed by atoms with Gasteiger partial charge in [0.1, 0.15) is 0 Å². The van der Waals surface area contributed by atoms with Crippen LogP contribution in [0.5, 0.6) is 0 Å².